The minimum Gasteiger partial charge on any atom is -0.493 e. The van der Waals surface area contributed by atoms with Crippen LogP contribution in [0.2, 0.25) is 0 Å². The Morgan fingerprint density at radius 1 is 1.17 bits per heavy atom. The van der Waals surface area contributed by atoms with Gasteiger partial charge in [-0.1, -0.05) is 32.0 Å². The number of benzene rings is 2. The summed E-state index contributed by atoms with van der Waals surface area (Å²) in [6.45, 7) is 7.78. The highest BCUT2D eigenvalue weighted by atomic mass is 16.5. The molecule has 2 amide bonds. The topological polar surface area (TPSA) is 78.9 Å². The van der Waals surface area contributed by atoms with Gasteiger partial charge in [0, 0.05) is 29.6 Å². The molecule has 160 valence electrons. The third-order valence-electron chi connectivity index (χ3n) is 5.34. The molecule has 0 radical (unpaired) electrons. The van der Waals surface area contributed by atoms with Crippen LogP contribution in [0.25, 0.3) is 0 Å². The molecule has 2 unspecified atom stereocenters. The van der Waals surface area contributed by atoms with E-state index in [0.29, 0.717) is 24.3 Å². The molecular weight excluding hydrogens is 380 g/mol. The largest absolute Gasteiger partial charge is 0.493 e. The molecule has 0 aliphatic carbocycles. The molecule has 6 heteroatoms. The van der Waals surface area contributed by atoms with Crippen molar-refractivity contribution in [3.05, 3.63) is 59.7 Å². The zero-order chi connectivity index (χ0) is 21.9. The van der Waals surface area contributed by atoms with Crippen molar-refractivity contribution >= 4 is 17.5 Å². The van der Waals surface area contributed by atoms with Gasteiger partial charge < -0.3 is 20.1 Å². The van der Waals surface area contributed by atoms with Gasteiger partial charge in [0.15, 0.2) is 0 Å². The van der Waals surface area contributed by atoms with Crippen LogP contribution in [0.4, 0.5) is 5.69 Å². The maximum Gasteiger partial charge on any atom is 0.258 e. The van der Waals surface area contributed by atoms with Crippen LogP contribution in [-0.2, 0) is 4.79 Å². The van der Waals surface area contributed by atoms with Crippen molar-refractivity contribution in [2.45, 2.75) is 46.2 Å². The SMILES string of the molecule is CC(=O)NC1CC(C)N(C(=O)c2ccc(OCC(C)(C)CO)cc2)c2ccccc21. The van der Waals surface area contributed by atoms with Crippen LogP contribution >= 0.6 is 0 Å². The molecule has 6 nitrogen and oxygen atoms in total. The van der Waals surface area contributed by atoms with Crippen LogP contribution < -0.4 is 15.0 Å². The molecule has 1 aliphatic heterocycles. The number of fused-ring (bicyclic) bond motifs is 1. The molecule has 0 aromatic heterocycles. The first-order valence-corrected chi connectivity index (χ1v) is 10.2. The molecule has 1 aliphatic rings. The van der Waals surface area contributed by atoms with Gasteiger partial charge in [-0.2, -0.15) is 0 Å². The Labute approximate surface area is 177 Å². The number of amides is 2. The standard InChI is InChI=1S/C24H30N2O4/c1-16-13-21(25-17(2)28)20-7-5-6-8-22(20)26(16)23(29)18-9-11-19(12-10-18)30-15-24(3,4)14-27/h5-12,16,21,27H,13-15H2,1-4H3,(H,25,28). The quantitative estimate of drug-likeness (QED) is 0.761. The highest BCUT2D eigenvalue weighted by Gasteiger charge is 2.34. The van der Waals surface area contributed by atoms with E-state index < -0.39 is 0 Å². The number of para-hydroxylation sites is 1. The van der Waals surface area contributed by atoms with Gasteiger partial charge >= 0.3 is 0 Å². The van der Waals surface area contributed by atoms with Crippen molar-refractivity contribution < 1.29 is 19.4 Å². The fourth-order valence-electron chi connectivity index (χ4n) is 3.66. The Hall–Kier alpha value is -2.86. The van der Waals surface area contributed by atoms with Crippen molar-refractivity contribution in [3.63, 3.8) is 0 Å². The van der Waals surface area contributed by atoms with Gasteiger partial charge in [0.1, 0.15) is 5.75 Å². The van der Waals surface area contributed by atoms with Crippen molar-refractivity contribution in [1.82, 2.24) is 5.32 Å². The number of rotatable bonds is 6. The Kier molecular flexibility index (Phi) is 6.46. The van der Waals surface area contributed by atoms with Gasteiger partial charge in [-0.25, -0.2) is 0 Å². The minimum absolute atomic E-state index is 0.0370. The van der Waals surface area contributed by atoms with E-state index in [-0.39, 0.29) is 35.9 Å². The molecule has 2 N–H and O–H groups in total. The normalized spacial score (nSPS) is 18.5. The molecule has 0 saturated heterocycles. The number of ether oxygens (including phenoxy) is 1. The van der Waals surface area contributed by atoms with Crippen molar-refractivity contribution in [2.75, 3.05) is 18.1 Å². The zero-order valence-corrected chi connectivity index (χ0v) is 18.0. The molecule has 0 spiro atoms. The van der Waals surface area contributed by atoms with Crippen LogP contribution in [-0.4, -0.2) is 36.2 Å². The van der Waals surface area contributed by atoms with E-state index in [1.165, 1.54) is 6.92 Å². The third-order valence-corrected chi connectivity index (χ3v) is 5.34. The Bertz CT molecular complexity index is 908. The zero-order valence-electron chi connectivity index (χ0n) is 18.0. The van der Waals surface area contributed by atoms with E-state index in [1.54, 1.807) is 29.2 Å². The summed E-state index contributed by atoms with van der Waals surface area (Å²) in [4.78, 5) is 26.8. The fourth-order valence-corrected chi connectivity index (χ4v) is 3.66. The summed E-state index contributed by atoms with van der Waals surface area (Å²) in [5.74, 6) is 0.492. The highest BCUT2D eigenvalue weighted by Crippen LogP contribution is 2.38. The average Bonchev–Trinajstić information content (AvgIpc) is 2.72. The van der Waals surface area contributed by atoms with E-state index in [4.69, 9.17) is 4.74 Å². The summed E-state index contributed by atoms with van der Waals surface area (Å²) in [6.07, 6.45) is 0.653. The monoisotopic (exact) mass is 410 g/mol. The van der Waals surface area contributed by atoms with Gasteiger partial charge in [-0.15, -0.1) is 0 Å². The third kappa shape index (κ3) is 4.82. The van der Waals surface area contributed by atoms with E-state index in [9.17, 15) is 14.7 Å². The molecule has 0 bridgehead atoms. The summed E-state index contributed by atoms with van der Waals surface area (Å²) < 4.78 is 5.75. The molecule has 3 rings (SSSR count). The second-order valence-corrected chi connectivity index (χ2v) is 8.71. The van der Waals surface area contributed by atoms with Crippen molar-refractivity contribution in [3.8, 4) is 5.75 Å². The van der Waals surface area contributed by atoms with Crippen LogP contribution in [0.3, 0.4) is 0 Å². The predicted molar refractivity (Wildman–Crippen MR) is 117 cm³/mol. The summed E-state index contributed by atoms with van der Waals surface area (Å²) in [5.41, 5.74) is 2.02. The van der Waals surface area contributed by atoms with Gasteiger partial charge in [0.05, 0.1) is 19.3 Å². The Morgan fingerprint density at radius 2 is 1.83 bits per heavy atom. The van der Waals surface area contributed by atoms with Gasteiger partial charge in [-0.3, -0.25) is 9.59 Å². The lowest BCUT2D eigenvalue weighted by atomic mass is 9.91. The minimum atomic E-state index is -0.327. The van der Waals surface area contributed by atoms with E-state index in [1.807, 2.05) is 45.0 Å². The first-order valence-electron chi connectivity index (χ1n) is 10.2. The van der Waals surface area contributed by atoms with Crippen LogP contribution in [0, 0.1) is 5.41 Å². The number of nitrogens with zero attached hydrogens (tertiary/aromatic N) is 1. The molecule has 1 heterocycles. The molecule has 2 aromatic rings. The summed E-state index contributed by atoms with van der Waals surface area (Å²) in [5, 5.41) is 12.3. The number of hydrogen-bond acceptors (Lipinski definition) is 4. The maximum atomic E-state index is 13.3. The molecule has 0 saturated carbocycles. The van der Waals surface area contributed by atoms with Crippen LogP contribution in [0.5, 0.6) is 5.75 Å². The van der Waals surface area contributed by atoms with Gasteiger partial charge in [0.25, 0.3) is 5.91 Å². The smallest absolute Gasteiger partial charge is 0.258 e. The summed E-state index contributed by atoms with van der Waals surface area (Å²) in [7, 11) is 0. The summed E-state index contributed by atoms with van der Waals surface area (Å²) >= 11 is 0. The van der Waals surface area contributed by atoms with Gasteiger partial charge in [0.2, 0.25) is 5.91 Å². The number of anilines is 1. The average molecular weight is 411 g/mol. The molecule has 30 heavy (non-hydrogen) atoms. The lowest BCUT2D eigenvalue weighted by Crippen LogP contribution is -2.46. The van der Waals surface area contributed by atoms with Gasteiger partial charge in [-0.05, 0) is 49.2 Å². The van der Waals surface area contributed by atoms with E-state index in [2.05, 4.69) is 5.32 Å². The Balaban J connectivity index is 1.81. The predicted octanol–water partition coefficient (Wildman–Crippen LogP) is 3.70. The molecular formula is C24H30N2O4. The van der Waals surface area contributed by atoms with E-state index in [0.717, 1.165) is 11.3 Å². The Morgan fingerprint density at radius 3 is 2.47 bits per heavy atom. The maximum absolute atomic E-state index is 13.3. The second-order valence-electron chi connectivity index (χ2n) is 8.71. The number of carbonyl (C=O) groups excluding carboxylic acids is 2. The summed E-state index contributed by atoms with van der Waals surface area (Å²) in [6, 6.07) is 14.6. The number of nitrogens with one attached hydrogen (secondary N) is 1. The molecule has 0 fully saturated rings. The van der Waals surface area contributed by atoms with Crippen LogP contribution in [0.1, 0.15) is 56.1 Å². The fraction of sp³-hybridized carbons (Fsp3) is 0.417. The number of carbonyl (C=O) groups is 2. The number of aliphatic hydroxyl groups is 1. The van der Waals surface area contributed by atoms with Crippen molar-refractivity contribution in [2.24, 2.45) is 5.41 Å². The molecule has 2 aromatic carbocycles. The lowest BCUT2D eigenvalue weighted by Gasteiger charge is -2.39. The first-order chi connectivity index (χ1) is 14.2. The lowest BCUT2D eigenvalue weighted by molar-refractivity contribution is -0.119. The number of aliphatic hydroxyl groups excluding tert-OH is 1. The highest BCUT2D eigenvalue weighted by molar-refractivity contribution is 6.07. The van der Waals surface area contributed by atoms with E-state index >= 15 is 0 Å². The first kappa shape index (κ1) is 21.8. The second kappa shape index (κ2) is 8.88. The number of hydrogen-bond donors (Lipinski definition) is 2. The van der Waals surface area contributed by atoms with Crippen LogP contribution in [0.15, 0.2) is 48.5 Å². The van der Waals surface area contributed by atoms with Crippen molar-refractivity contribution in [1.29, 1.82) is 0 Å². The molecule has 2 atom stereocenters.